The number of benzene rings is 2. The summed E-state index contributed by atoms with van der Waals surface area (Å²) < 4.78 is 1.52. The molecule has 154 valence electrons. The quantitative estimate of drug-likeness (QED) is 0.359. The fourth-order valence-electron chi connectivity index (χ4n) is 4.03. The Kier molecular flexibility index (Phi) is 5.06. The molecule has 0 radical (unpaired) electrons. The maximum Gasteiger partial charge on any atom is 0.261 e. The van der Waals surface area contributed by atoms with E-state index in [4.69, 9.17) is 0 Å². The number of carbonyl (C=O) groups excluding carboxylic acids is 1. The van der Waals surface area contributed by atoms with Gasteiger partial charge in [0, 0.05) is 37.0 Å². The van der Waals surface area contributed by atoms with Crippen LogP contribution in [0.25, 0.3) is 10.9 Å². The monoisotopic (exact) mass is 419 g/mol. The van der Waals surface area contributed by atoms with Crippen molar-refractivity contribution in [1.82, 2.24) is 9.55 Å². The van der Waals surface area contributed by atoms with E-state index < -0.39 is 0 Å². The molecule has 0 saturated heterocycles. The highest BCUT2D eigenvalue weighted by atomic mass is 32.2. The molecule has 1 atom stereocenters. The zero-order valence-electron chi connectivity index (χ0n) is 17.8. The number of allylic oxidation sites excluding steroid dienone is 2. The van der Waals surface area contributed by atoms with Gasteiger partial charge in [-0.2, -0.15) is 0 Å². The van der Waals surface area contributed by atoms with Crippen molar-refractivity contribution in [3.8, 4) is 0 Å². The first-order chi connectivity index (χ1) is 14.2. The first kappa shape index (κ1) is 20.4. The van der Waals surface area contributed by atoms with Gasteiger partial charge in [0.1, 0.15) is 0 Å². The molecule has 1 aliphatic heterocycles. The number of rotatable bonds is 4. The molecule has 4 rings (SSSR count). The van der Waals surface area contributed by atoms with Crippen LogP contribution in [-0.4, -0.2) is 27.6 Å². The molecule has 1 unspecified atom stereocenters. The van der Waals surface area contributed by atoms with E-state index in [0.717, 1.165) is 11.4 Å². The smallest absolute Gasteiger partial charge is 0.261 e. The van der Waals surface area contributed by atoms with Gasteiger partial charge in [-0.15, -0.1) is 0 Å². The molecule has 1 aliphatic rings. The highest BCUT2D eigenvalue weighted by Crippen LogP contribution is 2.46. The third-order valence-corrected chi connectivity index (χ3v) is 7.01. The first-order valence-electron chi connectivity index (χ1n) is 9.93. The predicted octanol–water partition coefficient (Wildman–Crippen LogP) is 4.29. The van der Waals surface area contributed by atoms with Gasteiger partial charge >= 0.3 is 0 Å². The number of fused-ring (bicyclic) bond motifs is 2. The fraction of sp³-hybridized carbons (Fsp3) is 0.292. The number of likely N-dealkylation sites (N-methyl/N-ethyl adjacent to an activating group) is 1. The molecular formula is C24H25N3O2S. The van der Waals surface area contributed by atoms with E-state index in [0.29, 0.717) is 16.1 Å². The van der Waals surface area contributed by atoms with Gasteiger partial charge in [0.25, 0.3) is 5.56 Å². The number of carbonyl (C=O) groups is 1. The summed E-state index contributed by atoms with van der Waals surface area (Å²) in [6.45, 7) is 6.14. The molecule has 2 heterocycles. The second-order valence-electron chi connectivity index (χ2n) is 8.17. The number of nitrogens with zero attached hydrogens (tertiary/aromatic N) is 3. The van der Waals surface area contributed by atoms with Crippen molar-refractivity contribution in [3.63, 3.8) is 0 Å². The Morgan fingerprint density at radius 3 is 2.50 bits per heavy atom. The number of anilines is 1. The number of ketones is 1. The molecule has 0 saturated carbocycles. The SMILES string of the molecule is CC(Sc1nc2ccccc2c(=O)n1C)C(=O)/C=C1/N(C)c2ccccc2C1(C)C. The Balaban J connectivity index is 1.63. The molecule has 30 heavy (non-hydrogen) atoms. The Bertz CT molecular complexity index is 1240. The van der Waals surface area contributed by atoms with Gasteiger partial charge in [0.15, 0.2) is 10.9 Å². The summed E-state index contributed by atoms with van der Waals surface area (Å²) in [6, 6.07) is 15.5. The molecule has 3 aromatic rings. The van der Waals surface area contributed by atoms with Crippen molar-refractivity contribution in [2.75, 3.05) is 11.9 Å². The molecule has 2 aromatic carbocycles. The van der Waals surface area contributed by atoms with Crippen molar-refractivity contribution >= 4 is 34.1 Å². The van der Waals surface area contributed by atoms with Crippen molar-refractivity contribution in [1.29, 1.82) is 0 Å². The third kappa shape index (κ3) is 3.25. The summed E-state index contributed by atoms with van der Waals surface area (Å²) in [4.78, 5) is 32.4. The van der Waals surface area contributed by atoms with Crippen LogP contribution in [0.5, 0.6) is 0 Å². The maximum absolute atomic E-state index is 13.1. The number of hydrogen-bond acceptors (Lipinski definition) is 5. The minimum atomic E-state index is -0.371. The van der Waals surface area contributed by atoms with E-state index >= 15 is 0 Å². The van der Waals surface area contributed by atoms with E-state index in [2.05, 4.69) is 35.9 Å². The average molecular weight is 420 g/mol. The van der Waals surface area contributed by atoms with Crippen LogP contribution in [0.15, 0.2) is 70.3 Å². The molecule has 0 spiro atoms. The van der Waals surface area contributed by atoms with Gasteiger partial charge in [-0.3, -0.25) is 14.2 Å². The van der Waals surface area contributed by atoms with Crippen LogP contribution in [-0.2, 0) is 17.3 Å². The van der Waals surface area contributed by atoms with Crippen LogP contribution < -0.4 is 10.5 Å². The number of aromatic nitrogens is 2. The fourth-order valence-corrected chi connectivity index (χ4v) is 4.92. The minimum absolute atomic E-state index is 0.00476. The Morgan fingerprint density at radius 1 is 1.10 bits per heavy atom. The summed E-state index contributed by atoms with van der Waals surface area (Å²) >= 11 is 1.32. The number of para-hydroxylation sites is 2. The normalized spacial score (nSPS) is 17.4. The summed E-state index contributed by atoms with van der Waals surface area (Å²) in [6.07, 6.45) is 1.75. The van der Waals surface area contributed by atoms with Crippen LogP contribution >= 0.6 is 11.8 Å². The molecule has 0 aliphatic carbocycles. The van der Waals surface area contributed by atoms with Gasteiger partial charge in [-0.1, -0.05) is 55.9 Å². The van der Waals surface area contributed by atoms with E-state index in [1.54, 1.807) is 19.2 Å². The summed E-state index contributed by atoms with van der Waals surface area (Å²) in [5.41, 5.74) is 3.60. The predicted molar refractivity (Wildman–Crippen MR) is 123 cm³/mol. The van der Waals surface area contributed by atoms with E-state index in [1.807, 2.05) is 44.3 Å². The number of hydrogen-bond donors (Lipinski definition) is 0. The molecule has 0 fully saturated rings. The van der Waals surface area contributed by atoms with Crippen molar-refractivity contribution < 1.29 is 4.79 Å². The standard InChI is InChI=1S/C24H25N3O2S/c1-15(30-23-25-18-12-8-6-10-16(18)22(29)27(23)5)20(28)14-21-24(2,3)17-11-7-9-13-19(17)26(21)4/h6-15H,1-5H3/b21-14+. The van der Waals surface area contributed by atoms with Gasteiger partial charge in [0.05, 0.1) is 16.2 Å². The number of thioether (sulfide) groups is 1. The van der Waals surface area contributed by atoms with Gasteiger partial charge in [-0.05, 0) is 30.7 Å². The van der Waals surface area contributed by atoms with Crippen LogP contribution in [0.1, 0.15) is 26.3 Å². The lowest BCUT2D eigenvalue weighted by Gasteiger charge is -2.24. The lowest BCUT2D eigenvalue weighted by Crippen LogP contribution is -2.26. The second-order valence-corrected chi connectivity index (χ2v) is 9.48. The summed E-state index contributed by atoms with van der Waals surface area (Å²) in [5, 5.41) is 0.752. The van der Waals surface area contributed by atoms with Gasteiger partial charge < -0.3 is 4.90 Å². The Labute approximate surface area is 180 Å². The molecular weight excluding hydrogens is 394 g/mol. The lowest BCUT2D eigenvalue weighted by atomic mass is 9.83. The van der Waals surface area contributed by atoms with Crippen molar-refractivity contribution in [2.45, 2.75) is 36.6 Å². The average Bonchev–Trinajstić information content (AvgIpc) is 2.92. The molecule has 5 nitrogen and oxygen atoms in total. The van der Waals surface area contributed by atoms with Crippen LogP contribution in [0.3, 0.4) is 0 Å². The molecule has 0 amide bonds. The zero-order chi connectivity index (χ0) is 21.6. The molecule has 0 bridgehead atoms. The summed E-state index contributed by atoms with van der Waals surface area (Å²) in [5.74, 6) is 0.00476. The molecule has 1 aromatic heterocycles. The molecule has 6 heteroatoms. The largest absolute Gasteiger partial charge is 0.347 e. The van der Waals surface area contributed by atoms with Gasteiger partial charge in [0.2, 0.25) is 0 Å². The Hall–Kier alpha value is -2.86. The van der Waals surface area contributed by atoms with Crippen LogP contribution in [0, 0.1) is 0 Å². The van der Waals surface area contributed by atoms with Crippen molar-refractivity contribution in [3.05, 3.63) is 76.2 Å². The molecule has 0 N–H and O–H groups in total. The van der Waals surface area contributed by atoms with E-state index in [9.17, 15) is 9.59 Å². The highest BCUT2D eigenvalue weighted by molar-refractivity contribution is 8.00. The minimum Gasteiger partial charge on any atom is -0.347 e. The summed E-state index contributed by atoms with van der Waals surface area (Å²) in [7, 11) is 3.70. The van der Waals surface area contributed by atoms with Crippen molar-refractivity contribution in [2.24, 2.45) is 7.05 Å². The third-order valence-electron chi connectivity index (χ3n) is 5.84. The van der Waals surface area contributed by atoms with Crippen LogP contribution in [0.2, 0.25) is 0 Å². The van der Waals surface area contributed by atoms with Crippen LogP contribution in [0.4, 0.5) is 5.69 Å². The van der Waals surface area contributed by atoms with E-state index in [1.165, 1.54) is 21.9 Å². The lowest BCUT2D eigenvalue weighted by molar-refractivity contribution is -0.114. The zero-order valence-corrected chi connectivity index (χ0v) is 18.7. The first-order valence-corrected chi connectivity index (χ1v) is 10.8. The second kappa shape index (κ2) is 7.43. The topological polar surface area (TPSA) is 55.2 Å². The van der Waals surface area contributed by atoms with E-state index in [-0.39, 0.29) is 22.0 Å². The maximum atomic E-state index is 13.1. The highest BCUT2D eigenvalue weighted by Gasteiger charge is 2.38. The van der Waals surface area contributed by atoms with Gasteiger partial charge in [-0.25, -0.2) is 4.98 Å². The Morgan fingerprint density at radius 2 is 1.77 bits per heavy atom.